The minimum Gasteiger partial charge on any atom is -0.489 e. The van der Waals surface area contributed by atoms with Crippen LogP contribution in [0.3, 0.4) is 0 Å². The number of hydrogen-bond acceptors (Lipinski definition) is 4. The molecule has 22 heavy (non-hydrogen) atoms. The Hall–Kier alpha value is -1.01. The third kappa shape index (κ3) is 6.83. The number of rotatable bonds is 8. The summed E-state index contributed by atoms with van der Waals surface area (Å²) in [6.45, 7) is 7.02. The average molecular weight is 351 g/mol. The van der Waals surface area contributed by atoms with Crippen LogP contribution in [0.5, 0.6) is 5.75 Å². The second kappa shape index (κ2) is 10.7. The summed E-state index contributed by atoms with van der Waals surface area (Å²) in [5.74, 6) is 0.0894. The van der Waals surface area contributed by atoms with E-state index in [4.69, 9.17) is 26.8 Å². The second-order valence-corrected chi connectivity index (χ2v) is 5.26. The van der Waals surface area contributed by atoms with E-state index in [0.717, 1.165) is 0 Å². The summed E-state index contributed by atoms with van der Waals surface area (Å²) in [4.78, 5) is 12.1. The molecular formula is C15H24Cl2N2O3. The minimum absolute atomic E-state index is 0. The lowest BCUT2D eigenvalue weighted by molar-refractivity contribution is -0.119. The van der Waals surface area contributed by atoms with E-state index in [9.17, 15) is 4.79 Å². The predicted molar refractivity (Wildman–Crippen MR) is 92.1 cm³/mol. The van der Waals surface area contributed by atoms with Gasteiger partial charge < -0.3 is 20.5 Å². The summed E-state index contributed by atoms with van der Waals surface area (Å²) in [7, 11) is 0. The average Bonchev–Trinajstić information content (AvgIpc) is 2.44. The molecular weight excluding hydrogens is 327 g/mol. The Morgan fingerprint density at radius 1 is 1.36 bits per heavy atom. The van der Waals surface area contributed by atoms with Crippen LogP contribution in [0.25, 0.3) is 0 Å². The predicted octanol–water partition coefficient (Wildman–Crippen LogP) is 3.10. The van der Waals surface area contributed by atoms with Gasteiger partial charge in [0.15, 0.2) is 0 Å². The summed E-state index contributed by atoms with van der Waals surface area (Å²) in [6.07, 6.45) is 0. The first-order valence-electron chi connectivity index (χ1n) is 7.02. The van der Waals surface area contributed by atoms with Crippen LogP contribution in [0, 0.1) is 5.92 Å². The molecule has 0 saturated heterocycles. The van der Waals surface area contributed by atoms with E-state index >= 15 is 0 Å². The van der Waals surface area contributed by atoms with Crippen LogP contribution in [-0.2, 0) is 9.53 Å². The minimum atomic E-state index is -0.305. The first-order chi connectivity index (χ1) is 9.95. The van der Waals surface area contributed by atoms with Crippen LogP contribution in [0.4, 0.5) is 5.69 Å². The fraction of sp³-hybridized carbons (Fsp3) is 0.533. The van der Waals surface area contributed by atoms with Gasteiger partial charge in [-0.05, 0) is 32.0 Å². The molecule has 1 rings (SSSR count). The largest absolute Gasteiger partial charge is 0.489 e. The van der Waals surface area contributed by atoms with Gasteiger partial charge in [-0.2, -0.15) is 0 Å². The van der Waals surface area contributed by atoms with Crippen molar-refractivity contribution in [2.24, 2.45) is 11.7 Å². The van der Waals surface area contributed by atoms with Gasteiger partial charge in [0.25, 0.3) is 0 Å². The summed E-state index contributed by atoms with van der Waals surface area (Å²) in [5.41, 5.74) is 6.28. The molecule has 0 bridgehead atoms. The third-order valence-electron chi connectivity index (χ3n) is 3.09. The van der Waals surface area contributed by atoms with Gasteiger partial charge in [-0.15, -0.1) is 12.4 Å². The Bertz CT molecular complexity index is 470. The maximum atomic E-state index is 12.1. The van der Waals surface area contributed by atoms with Gasteiger partial charge in [0.05, 0.1) is 18.2 Å². The summed E-state index contributed by atoms with van der Waals surface area (Å²) in [5, 5.41) is 3.33. The van der Waals surface area contributed by atoms with Crippen molar-refractivity contribution in [2.45, 2.75) is 26.8 Å². The number of amides is 1. The molecule has 3 N–H and O–H groups in total. The van der Waals surface area contributed by atoms with Gasteiger partial charge >= 0.3 is 0 Å². The van der Waals surface area contributed by atoms with Gasteiger partial charge in [-0.3, -0.25) is 4.79 Å². The maximum Gasteiger partial charge on any atom is 0.228 e. The van der Waals surface area contributed by atoms with Crippen LogP contribution < -0.4 is 15.8 Å². The maximum absolute atomic E-state index is 12.1. The van der Waals surface area contributed by atoms with Crippen molar-refractivity contribution in [2.75, 3.05) is 25.1 Å². The molecule has 1 amide bonds. The molecule has 5 nitrogen and oxygen atoms in total. The first kappa shape index (κ1) is 21.0. The summed E-state index contributed by atoms with van der Waals surface area (Å²) >= 11 is 5.97. The van der Waals surface area contributed by atoms with Crippen molar-refractivity contribution in [3.63, 3.8) is 0 Å². The highest BCUT2D eigenvalue weighted by Crippen LogP contribution is 2.28. The van der Waals surface area contributed by atoms with Crippen LogP contribution >= 0.6 is 24.0 Å². The quantitative estimate of drug-likeness (QED) is 0.706. The van der Waals surface area contributed by atoms with E-state index in [1.807, 2.05) is 6.92 Å². The normalized spacial score (nSPS) is 13.0. The Balaban J connectivity index is 0.00000441. The van der Waals surface area contributed by atoms with Crippen molar-refractivity contribution < 1.29 is 14.3 Å². The summed E-state index contributed by atoms with van der Waals surface area (Å²) in [6, 6.07) is 4.86. The number of carbonyl (C=O) groups is 1. The number of nitrogens with one attached hydrogen (secondary N) is 1. The van der Waals surface area contributed by atoms with Crippen molar-refractivity contribution in [1.82, 2.24) is 0 Å². The van der Waals surface area contributed by atoms with E-state index in [-0.39, 0.29) is 30.3 Å². The van der Waals surface area contributed by atoms with Gasteiger partial charge in [-0.1, -0.05) is 18.5 Å². The SMILES string of the molecule is CCOCCOc1ccc(Cl)cc1NC(=O)C(C)C(C)N.Cl. The van der Waals surface area contributed by atoms with E-state index in [1.54, 1.807) is 32.0 Å². The molecule has 0 radical (unpaired) electrons. The Kier molecular flexibility index (Phi) is 10.2. The van der Waals surface area contributed by atoms with Crippen LogP contribution in [0.15, 0.2) is 18.2 Å². The lowest BCUT2D eigenvalue weighted by Crippen LogP contribution is -2.34. The number of nitrogens with two attached hydrogens (primary N) is 1. The third-order valence-corrected chi connectivity index (χ3v) is 3.33. The van der Waals surface area contributed by atoms with Gasteiger partial charge in [-0.25, -0.2) is 0 Å². The van der Waals surface area contributed by atoms with Crippen LogP contribution in [0.2, 0.25) is 5.02 Å². The van der Waals surface area contributed by atoms with E-state index in [0.29, 0.717) is 36.3 Å². The fourth-order valence-corrected chi connectivity index (χ4v) is 1.74. The highest BCUT2D eigenvalue weighted by atomic mass is 35.5. The molecule has 2 unspecified atom stereocenters. The molecule has 0 spiro atoms. The highest BCUT2D eigenvalue weighted by molar-refractivity contribution is 6.31. The van der Waals surface area contributed by atoms with Crippen LogP contribution in [0.1, 0.15) is 20.8 Å². The molecule has 0 aliphatic carbocycles. The van der Waals surface area contributed by atoms with Crippen molar-refractivity contribution in [3.8, 4) is 5.75 Å². The molecule has 0 aliphatic rings. The molecule has 0 aliphatic heterocycles. The number of anilines is 1. The standard InChI is InChI=1S/C15H23ClN2O3.ClH/c1-4-20-7-8-21-14-6-5-12(16)9-13(14)18-15(19)10(2)11(3)17;/h5-6,9-11H,4,7-8,17H2,1-3H3,(H,18,19);1H. The van der Waals surface area contributed by atoms with E-state index < -0.39 is 0 Å². The Labute approximate surface area is 142 Å². The molecule has 0 heterocycles. The van der Waals surface area contributed by atoms with Gasteiger partial charge in [0, 0.05) is 17.7 Å². The first-order valence-corrected chi connectivity index (χ1v) is 7.40. The molecule has 0 fully saturated rings. The second-order valence-electron chi connectivity index (χ2n) is 4.82. The smallest absolute Gasteiger partial charge is 0.228 e. The number of benzene rings is 1. The number of carbonyl (C=O) groups excluding carboxylic acids is 1. The zero-order valence-corrected chi connectivity index (χ0v) is 14.7. The summed E-state index contributed by atoms with van der Waals surface area (Å²) < 4.78 is 10.8. The zero-order valence-electron chi connectivity index (χ0n) is 13.1. The van der Waals surface area contributed by atoms with Crippen molar-refractivity contribution in [1.29, 1.82) is 0 Å². The topological polar surface area (TPSA) is 73.6 Å². The molecule has 7 heteroatoms. The van der Waals surface area contributed by atoms with E-state index in [2.05, 4.69) is 5.32 Å². The number of ether oxygens (including phenoxy) is 2. The monoisotopic (exact) mass is 350 g/mol. The Morgan fingerprint density at radius 3 is 2.64 bits per heavy atom. The van der Waals surface area contributed by atoms with Gasteiger partial charge in [0.2, 0.25) is 5.91 Å². The molecule has 126 valence electrons. The fourth-order valence-electron chi connectivity index (χ4n) is 1.57. The lowest BCUT2D eigenvalue weighted by atomic mass is 10.0. The molecule has 2 atom stereocenters. The zero-order chi connectivity index (χ0) is 15.8. The number of halogens is 2. The van der Waals surface area contributed by atoms with Crippen LogP contribution in [-0.4, -0.2) is 31.8 Å². The molecule has 0 saturated carbocycles. The molecule has 1 aromatic rings. The van der Waals surface area contributed by atoms with E-state index in [1.165, 1.54) is 0 Å². The molecule has 1 aromatic carbocycles. The van der Waals surface area contributed by atoms with Gasteiger partial charge in [0.1, 0.15) is 12.4 Å². The lowest BCUT2D eigenvalue weighted by Gasteiger charge is -2.17. The molecule has 0 aromatic heterocycles. The van der Waals surface area contributed by atoms with Crippen molar-refractivity contribution >= 4 is 35.6 Å². The highest BCUT2D eigenvalue weighted by Gasteiger charge is 2.18. The van der Waals surface area contributed by atoms with Crippen molar-refractivity contribution in [3.05, 3.63) is 23.2 Å². The number of hydrogen-bond donors (Lipinski definition) is 2. The Morgan fingerprint density at radius 2 is 2.05 bits per heavy atom.